The van der Waals surface area contributed by atoms with Crippen molar-refractivity contribution >= 4 is 28.8 Å². The van der Waals surface area contributed by atoms with Crippen LogP contribution in [0.15, 0.2) is 47.5 Å². The quantitative estimate of drug-likeness (QED) is 0.630. The zero-order chi connectivity index (χ0) is 21.1. The van der Waals surface area contributed by atoms with E-state index in [1.165, 1.54) is 0 Å². The van der Waals surface area contributed by atoms with Crippen LogP contribution in [0.5, 0.6) is 0 Å². The van der Waals surface area contributed by atoms with E-state index >= 15 is 0 Å². The zero-order valence-electron chi connectivity index (χ0n) is 17.3. The Morgan fingerprint density at radius 1 is 1.30 bits per heavy atom. The highest BCUT2D eigenvalue weighted by atomic mass is 32.2. The summed E-state index contributed by atoms with van der Waals surface area (Å²) >= 11 is 1.59. The van der Waals surface area contributed by atoms with Crippen molar-refractivity contribution in [3.8, 4) is 6.07 Å². The molecule has 1 amide bonds. The van der Waals surface area contributed by atoms with Gasteiger partial charge >= 0.3 is 0 Å². The second-order valence-electron chi connectivity index (χ2n) is 7.79. The van der Waals surface area contributed by atoms with Gasteiger partial charge in [-0.1, -0.05) is 25.1 Å². The number of nitriles is 1. The molecule has 0 bridgehead atoms. The number of amides is 1. The molecule has 30 heavy (non-hydrogen) atoms. The first-order valence-electron chi connectivity index (χ1n) is 10.2. The third-order valence-corrected chi connectivity index (χ3v) is 6.81. The summed E-state index contributed by atoms with van der Waals surface area (Å²) in [5.41, 5.74) is 2.95. The second kappa shape index (κ2) is 8.90. The molecule has 1 fully saturated rings. The summed E-state index contributed by atoms with van der Waals surface area (Å²) in [6.07, 6.45) is 4.09. The molecule has 0 saturated carbocycles. The van der Waals surface area contributed by atoms with Gasteiger partial charge in [0.25, 0.3) is 5.91 Å². The number of carbonyl (C=O) groups is 1. The van der Waals surface area contributed by atoms with Crippen LogP contribution in [-0.4, -0.2) is 32.9 Å². The summed E-state index contributed by atoms with van der Waals surface area (Å²) in [6.45, 7) is 4.69. The van der Waals surface area contributed by atoms with E-state index in [0.29, 0.717) is 17.9 Å². The van der Waals surface area contributed by atoms with Crippen LogP contribution in [0, 0.1) is 17.2 Å². The second-order valence-corrected chi connectivity index (χ2v) is 8.92. The minimum atomic E-state index is -0.186. The molecule has 0 unspecified atom stereocenters. The molecule has 154 valence electrons. The van der Waals surface area contributed by atoms with Crippen molar-refractivity contribution in [2.24, 2.45) is 13.0 Å². The number of nitrogens with zero attached hydrogens (tertiary/aromatic N) is 4. The molecule has 1 N–H and O–H groups in total. The molecule has 3 heterocycles. The van der Waals surface area contributed by atoms with Gasteiger partial charge in [0, 0.05) is 38.3 Å². The molecular formula is C23H25N5OS. The van der Waals surface area contributed by atoms with Crippen molar-refractivity contribution in [3.63, 3.8) is 0 Å². The normalized spacial score (nSPS) is 15.2. The maximum Gasteiger partial charge on any atom is 0.268 e. The summed E-state index contributed by atoms with van der Waals surface area (Å²) in [6, 6.07) is 13.9. The third kappa shape index (κ3) is 4.20. The molecule has 1 aliphatic rings. The number of piperidine rings is 1. The highest BCUT2D eigenvalue weighted by Crippen LogP contribution is 2.32. The van der Waals surface area contributed by atoms with E-state index in [0.717, 1.165) is 53.2 Å². The Morgan fingerprint density at radius 2 is 2.10 bits per heavy atom. The molecule has 3 aromatic rings. The number of rotatable bonds is 5. The van der Waals surface area contributed by atoms with Gasteiger partial charge in [0.1, 0.15) is 17.5 Å². The first kappa shape index (κ1) is 20.5. The summed E-state index contributed by atoms with van der Waals surface area (Å²) in [4.78, 5) is 18.1. The number of pyridine rings is 1. The van der Waals surface area contributed by atoms with Crippen LogP contribution < -0.4 is 5.32 Å². The molecule has 1 saturated heterocycles. The van der Waals surface area contributed by atoms with Crippen molar-refractivity contribution in [2.45, 2.75) is 31.2 Å². The predicted molar refractivity (Wildman–Crippen MR) is 119 cm³/mol. The minimum Gasteiger partial charge on any atom is -0.347 e. The van der Waals surface area contributed by atoms with Crippen LogP contribution in [0.4, 0.5) is 0 Å². The van der Waals surface area contributed by atoms with Crippen LogP contribution in [-0.2, 0) is 13.6 Å². The number of aromatic nitrogens is 2. The van der Waals surface area contributed by atoms with Crippen molar-refractivity contribution < 1.29 is 4.79 Å². The average Bonchev–Trinajstić information content (AvgIpc) is 3.08. The topological polar surface area (TPSA) is 74.0 Å². The summed E-state index contributed by atoms with van der Waals surface area (Å²) in [5, 5.41) is 13.7. The predicted octanol–water partition coefficient (Wildman–Crippen LogP) is 4.11. The molecule has 0 radical (unpaired) electrons. The van der Waals surface area contributed by atoms with E-state index in [2.05, 4.69) is 27.6 Å². The van der Waals surface area contributed by atoms with Crippen LogP contribution in [0.1, 0.15) is 41.5 Å². The standard InChI is InChI=1S/C23H25N5OS/c1-16-8-11-28(12-9-16)30-22-13-20(27(2)21(22)14-24)23(29)26-15-17-5-3-7-19-18(17)6-4-10-25-19/h3-7,10,13,16H,8-9,11-12,15H2,1-2H3,(H,26,29). The molecule has 0 aliphatic carbocycles. The van der Waals surface area contributed by atoms with Gasteiger partial charge in [-0.3, -0.25) is 9.78 Å². The van der Waals surface area contributed by atoms with Crippen LogP contribution in [0.2, 0.25) is 0 Å². The Labute approximate surface area is 181 Å². The molecule has 6 nitrogen and oxygen atoms in total. The third-order valence-electron chi connectivity index (χ3n) is 5.68. The fourth-order valence-electron chi connectivity index (χ4n) is 3.80. The van der Waals surface area contributed by atoms with Gasteiger partial charge in [0.05, 0.1) is 10.4 Å². The number of hydrogen-bond donors (Lipinski definition) is 1. The first-order chi connectivity index (χ1) is 14.6. The van der Waals surface area contributed by atoms with Gasteiger partial charge in [-0.2, -0.15) is 5.26 Å². The lowest BCUT2D eigenvalue weighted by molar-refractivity contribution is 0.0943. The Balaban J connectivity index is 1.50. The van der Waals surface area contributed by atoms with Crippen molar-refractivity contribution in [1.82, 2.24) is 19.2 Å². The van der Waals surface area contributed by atoms with E-state index in [1.807, 2.05) is 36.4 Å². The zero-order valence-corrected chi connectivity index (χ0v) is 18.1. The number of fused-ring (bicyclic) bond motifs is 1. The van der Waals surface area contributed by atoms with Gasteiger partial charge in [-0.25, -0.2) is 4.31 Å². The van der Waals surface area contributed by atoms with E-state index in [9.17, 15) is 10.1 Å². The number of benzene rings is 1. The van der Waals surface area contributed by atoms with Gasteiger partial charge in [-0.05, 0) is 54.5 Å². The highest BCUT2D eigenvalue weighted by molar-refractivity contribution is 7.97. The number of nitrogens with one attached hydrogen (secondary N) is 1. The SMILES string of the molecule is CC1CCN(Sc2cc(C(=O)NCc3cccc4ncccc34)n(C)c2C#N)CC1. The van der Waals surface area contributed by atoms with Crippen molar-refractivity contribution in [3.05, 3.63) is 59.5 Å². The maximum absolute atomic E-state index is 12.9. The van der Waals surface area contributed by atoms with Crippen molar-refractivity contribution in [1.29, 1.82) is 5.26 Å². The maximum atomic E-state index is 12.9. The summed E-state index contributed by atoms with van der Waals surface area (Å²) in [5.74, 6) is 0.563. The Hall–Kier alpha value is -2.82. The average molecular weight is 420 g/mol. The van der Waals surface area contributed by atoms with Crippen LogP contribution in [0.3, 0.4) is 0 Å². The Kier molecular flexibility index (Phi) is 6.07. The molecule has 0 atom stereocenters. The van der Waals surface area contributed by atoms with Crippen molar-refractivity contribution in [2.75, 3.05) is 13.1 Å². The molecular weight excluding hydrogens is 394 g/mol. The lowest BCUT2D eigenvalue weighted by Crippen LogP contribution is -2.27. The summed E-state index contributed by atoms with van der Waals surface area (Å²) < 4.78 is 3.98. The van der Waals surface area contributed by atoms with E-state index in [1.54, 1.807) is 29.8 Å². The highest BCUT2D eigenvalue weighted by Gasteiger charge is 2.22. The molecule has 1 aliphatic heterocycles. The van der Waals surface area contributed by atoms with Gasteiger partial charge in [0.15, 0.2) is 0 Å². The van der Waals surface area contributed by atoms with Gasteiger partial charge < -0.3 is 9.88 Å². The largest absolute Gasteiger partial charge is 0.347 e. The fraction of sp³-hybridized carbons (Fsp3) is 0.348. The smallest absolute Gasteiger partial charge is 0.268 e. The van der Waals surface area contributed by atoms with E-state index in [-0.39, 0.29) is 5.91 Å². The summed E-state index contributed by atoms with van der Waals surface area (Å²) in [7, 11) is 1.78. The van der Waals surface area contributed by atoms with Gasteiger partial charge in [-0.15, -0.1) is 0 Å². The Morgan fingerprint density at radius 3 is 2.87 bits per heavy atom. The van der Waals surface area contributed by atoms with Crippen LogP contribution >= 0.6 is 11.9 Å². The molecule has 0 spiro atoms. The lowest BCUT2D eigenvalue weighted by Gasteiger charge is -2.28. The molecule has 4 rings (SSSR count). The molecule has 7 heteroatoms. The van der Waals surface area contributed by atoms with Crippen LogP contribution in [0.25, 0.3) is 10.9 Å². The first-order valence-corrected chi connectivity index (χ1v) is 11.0. The fourth-order valence-corrected chi connectivity index (χ4v) is 4.90. The lowest BCUT2D eigenvalue weighted by atomic mass is 10.0. The van der Waals surface area contributed by atoms with E-state index in [4.69, 9.17) is 0 Å². The Bertz CT molecular complexity index is 1100. The van der Waals surface area contributed by atoms with Gasteiger partial charge in [0.2, 0.25) is 0 Å². The number of hydrogen-bond acceptors (Lipinski definition) is 5. The van der Waals surface area contributed by atoms with E-state index < -0.39 is 0 Å². The molecule has 1 aromatic carbocycles. The minimum absolute atomic E-state index is 0.186. The molecule has 2 aromatic heterocycles. The number of carbonyl (C=O) groups excluding carboxylic acids is 1. The monoisotopic (exact) mass is 419 g/mol.